The Bertz CT molecular complexity index is 901. The van der Waals surface area contributed by atoms with Crippen molar-refractivity contribution in [1.29, 1.82) is 0 Å². The fourth-order valence-corrected chi connectivity index (χ4v) is 2.48. The molecule has 2 N–H and O–H groups in total. The molecule has 2 aromatic carbocycles. The van der Waals surface area contributed by atoms with Crippen LogP contribution in [0.3, 0.4) is 0 Å². The Balaban J connectivity index is 1.91. The summed E-state index contributed by atoms with van der Waals surface area (Å²) in [4.78, 5) is 14.8. The maximum atomic E-state index is 12.1. The van der Waals surface area contributed by atoms with Gasteiger partial charge in [-0.05, 0) is 42.5 Å². The first-order valence-electron chi connectivity index (χ1n) is 6.69. The summed E-state index contributed by atoms with van der Waals surface area (Å²) in [5, 5.41) is 18.2. The van der Waals surface area contributed by atoms with Crippen LogP contribution < -0.4 is 4.74 Å². The minimum absolute atomic E-state index is 0.135. The van der Waals surface area contributed by atoms with Crippen LogP contribution in [0.15, 0.2) is 57.2 Å². The third-order valence-electron chi connectivity index (χ3n) is 3.29. The van der Waals surface area contributed by atoms with Crippen LogP contribution in [0, 0.1) is 0 Å². The van der Waals surface area contributed by atoms with Crippen LogP contribution in [0.2, 0.25) is 0 Å². The van der Waals surface area contributed by atoms with Gasteiger partial charge >= 0.3 is 0 Å². The molecule has 7 heteroatoms. The number of aromatic nitrogens is 1. The molecule has 6 nitrogen and oxygen atoms in total. The summed E-state index contributed by atoms with van der Waals surface area (Å²) in [5.41, 5.74) is 1.31. The minimum atomic E-state index is -0.503. The minimum Gasteiger partial charge on any atom is -0.497 e. The molecule has 0 spiro atoms. The zero-order valence-corrected chi connectivity index (χ0v) is 13.7. The predicted molar refractivity (Wildman–Crippen MR) is 89.5 cm³/mol. The second kappa shape index (κ2) is 6.21. The largest absolute Gasteiger partial charge is 0.497 e. The number of benzene rings is 2. The van der Waals surface area contributed by atoms with Crippen LogP contribution >= 0.6 is 15.9 Å². The molecule has 116 valence electrons. The molecule has 0 aliphatic rings. The van der Waals surface area contributed by atoms with Gasteiger partial charge < -0.3 is 14.8 Å². The molecular formula is C16H12BrN3O3. The Morgan fingerprint density at radius 2 is 1.96 bits per heavy atom. The van der Waals surface area contributed by atoms with Crippen molar-refractivity contribution in [3.63, 3.8) is 0 Å². The Morgan fingerprint density at radius 1 is 1.22 bits per heavy atom. The van der Waals surface area contributed by atoms with Gasteiger partial charge in [-0.15, -0.1) is 10.2 Å². The first-order chi connectivity index (χ1) is 11.1. The standard InChI is InChI=1S/C16H12BrN3O3/c1-23-11-5-2-9(3-6-11)15(21)20-19-14-12-8-10(17)4-7-13(12)18-16(14)22/h2-8,18,22H,1H3. The van der Waals surface area contributed by atoms with Gasteiger partial charge in [0.1, 0.15) is 5.75 Å². The fourth-order valence-electron chi connectivity index (χ4n) is 2.12. The van der Waals surface area contributed by atoms with Gasteiger partial charge in [-0.1, -0.05) is 15.9 Å². The van der Waals surface area contributed by atoms with E-state index in [0.717, 1.165) is 4.47 Å². The molecule has 23 heavy (non-hydrogen) atoms. The molecule has 0 bridgehead atoms. The highest BCUT2D eigenvalue weighted by Crippen LogP contribution is 2.36. The van der Waals surface area contributed by atoms with Crippen molar-refractivity contribution in [3.05, 3.63) is 52.5 Å². The van der Waals surface area contributed by atoms with Gasteiger partial charge in [0.25, 0.3) is 5.91 Å². The number of ether oxygens (including phenoxy) is 1. The van der Waals surface area contributed by atoms with Crippen molar-refractivity contribution in [3.8, 4) is 11.6 Å². The maximum absolute atomic E-state index is 12.1. The second-order valence-electron chi connectivity index (χ2n) is 4.75. The molecule has 3 aromatic rings. The first kappa shape index (κ1) is 15.2. The van der Waals surface area contributed by atoms with Gasteiger partial charge in [0.2, 0.25) is 5.88 Å². The molecule has 1 aromatic heterocycles. The Hall–Kier alpha value is -2.67. The number of carbonyl (C=O) groups is 1. The number of azo groups is 1. The van der Waals surface area contributed by atoms with E-state index >= 15 is 0 Å². The fraction of sp³-hybridized carbons (Fsp3) is 0.0625. The van der Waals surface area contributed by atoms with Gasteiger partial charge in [0.15, 0.2) is 5.69 Å². The molecule has 0 aliphatic heterocycles. The predicted octanol–water partition coefficient (Wildman–Crippen LogP) is 4.57. The lowest BCUT2D eigenvalue weighted by Gasteiger charge is -1.99. The molecule has 1 amide bonds. The normalized spacial score (nSPS) is 11.2. The monoisotopic (exact) mass is 373 g/mol. The molecule has 0 saturated carbocycles. The van der Waals surface area contributed by atoms with Crippen molar-refractivity contribution in [2.24, 2.45) is 10.2 Å². The SMILES string of the molecule is COc1ccc(C(=O)N=Nc2c(O)[nH]c3ccc(Br)cc23)cc1. The van der Waals surface area contributed by atoms with Gasteiger partial charge in [0, 0.05) is 15.4 Å². The van der Waals surface area contributed by atoms with E-state index in [2.05, 4.69) is 31.1 Å². The van der Waals surface area contributed by atoms with E-state index in [9.17, 15) is 9.90 Å². The number of halogens is 1. The molecule has 3 rings (SSSR count). The lowest BCUT2D eigenvalue weighted by atomic mass is 10.2. The highest BCUT2D eigenvalue weighted by atomic mass is 79.9. The number of fused-ring (bicyclic) bond motifs is 1. The molecule has 0 unspecified atom stereocenters. The Labute approximate surface area is 139 Å². The number of hydrogen-bond donors (Lipinski definition) is 2. The van der Waals surface area contributed by atoms with Crippen LogP contribution in [0.5, 0.6) is 11.6 Å². The first-order valence-corrected chi connectivity index (χ1v) is 7.48. The Kier molecular flexibility index (Phi) is 4.12. The molecule has 0 fully saturated rings. The van der Waals surface area contributed by atoms with E-state index in [-0.39, 0.29) is 11.6 Å². The van der Waals surface area contributed by atoms with E-state index in [1.54, 1.807) is 43.5 Å². The topological polar surface area (TPSA) is 87.0 Å². The average molecular weight is 374 g/mol. The van der Waals surface area contributed by atoms with Gasteiger partial charge in [-0.25, -0.2) is 0 Å². The number of carbonyl (C=O) groups excluding carboxylic acids is 1. The number of aromatic amines is 1. The zero-order chi connectivity index (χ0) is 16.4. The van der Waals surface area contributed by atoms with E-state index < -0.39 is 5.91 Å². The third kappa shape index (κ3) is 3.09. The van der Waals surface area contributed by atoms with Gasteiger partial charge in [-0.2, -0.15) is 0 Å². The number of amides is 1. The molecule has 0 saturated heterocycles. The number of hydrogen-bond acceptors (Lipinski definition) is 4. The maximum Gasteiger partial charge on any atom is 0.295 e. The summed E-state index contributed by atoms with van der Waals surface area (Å²) in [6.45, 7) is 0. The number of H-pyrrole nitrogens is 1. The van der Waals surface area contributed by atoms with Crippen molar-refractivity contribution >= 4 is 38.4 Å². The average Bonchev–Trinajstić information content (AvgIpc) is 2.87. The quantitative estimate of drug-likeness (QED) is 0.659. The summed E-state index contributed by atoms with van der Waals surface area (Å²) < 4.78 is 5.87. The van der Waals surface area contributed by atoms with Crippen molar-refractivity contribution < 1.29 is 14.6 Å². The second-order valence-corrected chi connectivity index (χ2v) is 5.66. The summed E-state index contributed by atoms with van der Waals surface area (Å²) in [7, 11) is 1.55. The lowest BCUT2D eigenvalue weighted by Crippen LogP contribution is -1.93. The van der Waals surface area contributed by atoms with E-state index in [4.69, 9.17) is 4.74 Å². The van der Waals surface area contributed by atoms with Gasteiger partial charge in [-0.3, -0.25) is 4.79 Å². The van der Waals surface area contributed by atoms with E-state index in [1.165, 1.54) is 0 Å². The highest BCUT2D eigenvalue weighted by Gasteiger charge is 2.12. The smallest absolute Gasteiger partial charge is 0.295 e. The van der Waals surface area contributed by atoms with Gasteiger partial charge in [0.05, 0.1) is 12.6 Å². The van der Waals surface area contributed by atoms with Crippen LogP contribution in [-0.2, 0) is 0 Å². The number of methoxy groups -OCH3 is 1. The van der Waals surface area contributed by atoms with Crippen LogP contribution in [0.4, 0.5) is 5.69 Å². The van der Waals surface area contributed by atoms with Crippen molar-refractivity contribution in [2.75, 3.05) is 7.11 Å². The van der Waals surface area contributed by atoms with Crippen molar-refractivity contribution in [2.45, 2.75) is 0 Å². The summed E-state index contributed by atoms with van der Waals surface area (Å²) >= 11 is 3.36. The summed E-state index contributed by atoms with van der Waals surface area (Å²) in [6.07, 6.45) is 0. The highest BCUT2D eigenvalue weighted by molar-refractivity contribution is 9.10. The zero-order valence-electron chi connectivity index (χ0n) is 12.1. The molecule has 1 heterocycles. The van der Waals surface area contributed by atoms with Crippen LogP contribution in [0.25, 0.3) is 10.9 Å². The van der Waals surface area contributed by atoms with E-state index in [1.807, 2.05) is 6.07 Å². The summed E-state index contributed by atoms with van der Waals surface area (Å²) in [6, 6.07) is 12.0. The van der Waals surface area contributed by atoms with E-state index in [0.29, 0.717) is 22.2 Å². The van der Waals surface area contributed by atoms with Crippen LogP contribution in [0.1, 0.15) is 10.4 Å². The number of nitrogens with one attached hydrogen (secondary N) is 1. The third-order valence-corrected chi connectivity index (χ3v) is 3.79. The Morgan fingerprint density at radius 3 is 2.65 bits per heavy atom. The molecule has 0 radical (unpaired) electrons. The number of rotatable bonds is 3. The van der Waals surface area contributed by atoms with Crippen molar-refractivity contribution in [1.82, 2.24) is 4.98 Å². The molecule has 0 aliphatic carbocycles. The molecule has 0 atom stereocenters. The lowest BCUT2D eigenvalue weighted by molar-refractivity contribution is 0.0995. The van der Waals surface area contributed by atoms with Crippen LogP contribution in [-0.4, -0.2) is 23.1 Å². The molecular weight excluding hydrogens is 362 g/mol. The summed E-state index contributed by atoms with van der Waals surface area (Å²) in [5.74, 6) is 0.0124. The number of nitrogens with zero attached hydrogens (tertiary/aromatic N) is 2. The number of aromatic hydroxyl groups is 1.